The van der Waals surface area contributed by atoms with Crippen molar-refractivity contribution in [3.05, 3.63) is 22.7 Å². The first-order chi connectivity index (χ1) is 9.10. The number of nitrogens with one attached hydrogen (secondary N) is 1. The van der Waals surface area contributed by atoms with Gasteiger partial charge in [0.2, 0.25) is 0 Å². The van der Waals surface area contributed by atoms with E-state index >= 15 is 0 Å². The van der Waals surface area contributed by atoms with Crippen LogP contribution >= 0.6 is 11.6 Å². The summed E-state index contributed by atoms with van der Waals surface area (Å²) in [6, 6.07) is 4.04. The van der Waals surface area contributed by atoms with Gasteiger partial charge in [-0.15, -0.1) is 0 Å². The molecule has 106 valence electrons. The number of alkyl halides is 2. The lowest BCUT2D eigenvalue weighted by Gasteiger charge is -2.14. The molecule has 2 rings (SSSR count). The first-order valence-electron chi connectivity index (χ1n) is 6.11. The molecule has 0 unspecified atom stereocenters. The SMILES string of the molecule is COc1cc(CNC2CC2)cc(Cl)c1OCC(F)F. The van der Waals surface area contributed by atoms with Crippen molar-refractivity contribution in [2.45, 2.75) is 31.9 Å². The quantitative estimate of drug-likeness (QED) is 0.836. The molecule has 0 bridgehead atoms. The van der Waals surface area contributed by atoms with Crippen LogP contribution in [0.3, 0.4) is 0 Å². The molecular formula is C13H16ClF2NO2. The van der Waals surface area contributed by atoms with Crippen molar-refractivity contribution in [3.63, 3.8) is 0 Å². The van der Waals surface area contributed by atoms with Crippen LogP contribution in [0.1, 0.15) is 18.4 Å². The van der Waals surface area contributed by atoms with Gasteiger partial charge in [-0.2, -0.15) is 0 Å². The Morgan fingerprint density at radius 3 is 2.74 bits per heavy atom. The first kappa shape index (κ1) is 14.3. The molecule has 19 heavy (non-hydrogen) atoms. The first-order valence-corrected chi connectivity index (χ1v) is 6.48. The molecule has 0 amide bonds. The fourth-order valence-corrected chi connectivity index (χ4v) is 2.00. The highest BCUT2D eigenvalue weighted by atomic mass is 35.5. The van der Waals surface area contributed by atoms with E-state index in [-0.39, 0.29) is 10.8 Å². The summed E-state index contributed by atoms with van der Waals surface area (Å²) in [6.45, 7) is -0.0222. The van der Waals surface area contributed by atoms with E-state index in [1.807, 2.05) is 0 Å². The van der Waals surface area contributed by atoms with E-state index in [1.165, 1.54) is 20.0 Å². The molecule has 0 aliphatic heterocycles. The average molecular weight is 292 g/mol. The van der Waals surface area contributed by atoms with E-state index in [0.29, 0.717) is 18.3 Å². The Kier molecular flexibility index (Phi) is 4.82. The van der Waals surface area contributed by atoms with Crippen molar-refractivity contribution in [1.29, 1.82) is 0 Å². The van der Waals surface area contributed by atoms with Crippen molar-refractivity contribution in [3.8, 4) is 11.5 Å². The molecular weight excluding hydrogens is 276 g/mol. The van der Waals surface area contributed by atoms with Crippen LogP contribution in [0, 0.1) is 0 Å². The Morgan fingerprint density at radius 1 is 1.42 bits per heavy atom. The van der Waals surface area contributed by atoms with Crippen LogP contribution in [0.5, 0.6) is 11.5 Å². The molecule has 1 fully saturated rings. The van der Waals surface area contributed by atoms with Crippen LogP contribution in [-0.2, 0) is 6.54 Å². The Labute approximate surface area is 115 Å². The molecule has 1 aliphatic rings. The second kappa shape index (κ2) is 6.39. The van der Waals surface area contributed by atoms with Crippen LogP contribution in [0.25, 0.3) is 0 Å². The minimum Gasteiger partial charge on any atom is -0.493 e. The van der Waals surface area contributed by atoms with Gasteiger partial charge in [-0.25, -0.2) is 8.78 Å². The number of ether oxygens (including phenoxy) is 2. The molecule has 6 heteroatoms. The summed E-state index contributed by atoms with van der Waals surface area (Å²) >= 11 is 6.05. The minimum absolute atomic E-state index is 0.166. The van der Waals surface area contributed by atoms with Crippen LogP contribution in [0.2, 0.25) is 5.02 Å². The summed E-state index contributed by atoms with van der Waals surface area (Å²) in [5.41, 5.74) is 0.943. The number of methoxy groups -OCH3 is 1. The van der Waals surface area contributed by atoms with E-state index in [2.05, 4.69) is 5.32 Å². The number of rotatable bonds is 7. The molecule has 1 N–H and O–H groups in total. The summed E-state index contributed by atoms with van der Waals surface area (Å²) in [5, 5.41) is 3.63. The second-order valence-corrected chi connectivity index (χ2v) is 4.87. The van der Waals surface area contributed by atoms with Gasteiger partial charge in [0.25, 0.3) is 6.43 Å². The Bertz CT molecular complexity index is 439. The molecule has 1 aromatic carbocycles. The fourth-order valence-electron chi connectivity index (χ4n) is 1.71. The summed E-state index contributed by atoms with van der Waals surface area (Å²) in [5.74, 6) is 0.542. The van der Waals surface area contributed by atoms with E-state index in [1.54, 1.807) is 12.1 Å². The lowest BCUT2D eigenvalue weighted by Crippen LogP contribution is -2.15. The monoisotopic (exact) mass is 291 g/mol. The molecule has 3 nitrogen and oxygen atoms in total. The highest BCUT2D eigenvalue weighted by Gasteiger charge is 2.21. The number of benzene rings is 1. The molecule has 0 atom stereocenters. The zero-order valence-corrected chi connectivity index (χ0v) is 11.3. The topological polar surface area (TPSA) is 30.5 Å². The van der Waals surface area contributed by atoms with Gasteiger partial charge >= 0.3 is 0 Å². The zero-order chi connectivity index (χ0) is 13.8. The smallest absolute Gasteiger partial charge is 0.272 e. The molecule has 0 heterocycles. The van der Waals surface area contributed by atoms with Crippen molar-refractivity contribution in [2.75, 3.05) is 13.7 Å². The summed E-state index contributed by atoms with van der Waals surface area (Å²) < 4.78 is 34.5. The Hall–Kier alpha value is -1.07. The molecule has 0 radical (unpaired) electrons. The maximum atomic E-state index is 12.2. The third kappa shape index (κ3) is 4.21. The van der Waals surface area contributed by atoms with E-state index < -0.39 is 13.0 Å². The van der Waals surface area contributed by atoms with Crippen molar-refractivity contribution in [2.24, 2.45) is 0 Å². The van der Waals surface area contributed by atoms with Gasteiger partial charge < -0.3 is 14.8 Å². The van der Waals surface area contributed by atoms with Gasteiger partial charge in [-0.1, -0.05) is 11.6 Å². The van der Waals surface area contributed by atoms with Crippen LogP contribution in [0.4, 0.5) is 8.78 Å². The zero-order valence-electron chi connectivity index (χ0n) is 10.6. The van der Waals surface area contributed by atoms with Gasteiger partial charge in [0.1, 0.15) is 6.61 Å². The standard InChI is InChI=1S/C13H16ClF2NO2/c1-18-11-5-8(6-17-9-2-3-9)4-10(14)13(11)19-7-12(15)16/h4-5,9,12,17H,2-3,6-7H2,1H3. The van der Waals surface area contributed by atoms with E-state index in [0.717, 1.165) is 5.56 Å². The number of halogens is 3. The summed E-state index contributed by atoms with van der Waals surface area (Å²) in [7, 11) is 1.46. The Balaban J connectivity index is 2.08. The molecule has 1 saturated carbocycles. The third-order valence-electron chi connectivity index (χ3n) is 2.82. The van der Waals surface area contributed by atoms with Crippen molar-refractivity contribution < 1.29 is 18.3 Å². The largest absolute Gasteiger partial charge is 0.493 e. The van der Waals surface area contributed by atoms with Gasteiger partial charge in [-0.05, 0) is 30.5 Å². The molecule has 0 saturated heterocycles. The van der Waals surface area contributed by atoms with Crippen LogP contribution < -0.4 is 14.8 Å². The number of hydrogen-bond donors (Lipinski definition) is 1. The lowest BCUT2D eigenvalue weighted by atomic mass is 10.2. The van der Waals surface area contributed by atoms with Gasteiger partial charge in [-0.3, -0.25) is 0 Å². The molecule has 1 aliphatic carbocycles. The predicted molar refractivity (Wildman–Crippen MR) is 69.4 cm³/mol. The molecule has 0 spiro atoms. The van der Waals surface area contributed by atoms with Gasteiger partial charge in [0.05, 0.1) is 12.1 Å². The lowest BCUT2D eigenvalue weighted by molar-refractivity contribution is 0.0805. The summed E-state index contributed by atoms with van der Waals surface area (Å²) in [6.07, 6.45) is -0.155. The van der Waals surface area contributed by atoms with Crippen molar-refractivity contribution in [1.82, 2.24) is 5.32 Å². The van der Waals surface area contributed by atoms with Crippen LogP contribution in [-0.4, -0.2) is 26.2 Å². The second-order valence-electron chi connectivity index (χ2n) is 4.47. The van der Waals surface area contributed by atoms with Crippen molar-refractivity contribution >= 4 is 11.6 Å². The maximum Gasteiger partial charge on any atom is 0.272 e. The Morgan fingerprint density at radius 2 is 2.16 bits per heavy atom. The molecule has 0 aromatic heterocycles. The highest BCUT2D eigenvalue weighted by Crippen LogP contribution is 2.36. The third-order valence-corrected chi connectivity index (χ3v) is 3.10. The maximum absolute atomic E-state index is 12.2. The van der Waals surface area contributed by atoms with Gasteiger partial charge in [0, 0.05) is 12.6 Å². The number of hydrogen-bond acceptors (Lipinski definition) is 3. The fraction of sp³-hybridized carbons (Fsp3) is 0.538. The highest BCUT2D eigenvalue weighted by molar-refractivity contribution is 6.32. The van der Waals surface area contributed by atoms with Crippen LogP contribution in [0.15, 0.2) is 12.1 Å². The molecule has 1 aromatic rings. The summed E-state index contributed by atoms with van der Waals surface area (Å²) in [4.78, 5) is 0. The van der Waals surface area contributed by atoms with E-state index in [4.69, 9.17) is 21.1 Å². The minimum atomic E-state index is -2.54. The predicted octanol–water partition coefficient (Wildman–Crippen LogP) is 3.24. The normalized spacial score (nSPS) is 14.8. The van der Waals surface area contributed by atoms with E-state index in [9.17, 15) is 8.78 Å². The van der Waals surface area contributed by atoms with Gasteiger partial charge in [0.15, 0.2) is 11.5 Å². The average Bonchev–Trinajstić information content (AvgIpc) is 3.18.